The van der Waals surface area contributed by atoms with Gasteiger partial charge in [-0.05, 0) is 56.7 Å². The Bertz CT molecular complexity index is 721. The Morgan fingerprint density at radius 3 is 2.31 bits per heavy atom. The summed E-state index contributed by atoms with van der Waals surface area (Å²) in [7, 11) is 0. The van der Waals surface area contributed by atoms with Crippen molar-refractivity contribution in [2.75, 3.05) is 31.1 Å². The third-order valence-corrected chi connectivity index (χ3v) is 5.80. The average Bonchev–Trinajstić information content (AvgIpc) is 2.67. The number of carbonyl (C=O) groups is 2. The van der Waals surface area contributed by atoms with Crippen molar-refractivity contribution in [1.29, 1.82) is 5.26 Å². The molecular formula is C21H27N3O2. The summed E-state index contributed by atoms with van der Waals surface area (Å²) in [6.45, 7) is 7.06. The first kappa shape index (κ1) is 18.4. The van der Waals surface area contributed by atoms with Crippen LogP contribution in [0.4, 0.5) is 5.69 Å². The minimum Gasteiger partial charge on any atom is -0.370 e. The van der Waals surface area contributed by atoms with Gasteiger partial charge in [0.2, 0.25) is 5.91 Å². The molecule has 0 unspecified atom stereocenters. The van der Waals surface area contributed by atoms with Gasteiger partial charge in [0.25, 0.3) is 0 Å². The highest BCUT2D eigenvalue weighted by molar-refractivity contribution is 5.95. The number of Topliss-reactive ketones (excluding diaryl/α,β-unsaturated/α-hetero) is 1. The maximum atomic E-state index is 12.8. The molecule has 0 N–H and O–H groups in total. The summed E-state index contributed by atoms with van der Waals surface area (Å²) in [4.78, 5) is 28.6. The van der Waals surface area contributed by atoms with Gasteiger partial charge < -0.3 is 9.80 Å². The molecule has 0 atom stereocenters. The second-order valence-electron chi connectivity index (χ2n) is 7.67. The van der Waals surface area contributed by atoms with Crippen LogP contribution in [-0.2, 0) is 4.79 Å². The molecule has 138 valence electrons. The first-order valence-corrected chi connectivity index (χ1v) is 9.58. The molecule has 0 saturated carbocycles. The molecular weight excluding hydrogens is 326 g/mol. The van der Waals surface area contributed by atoms with E-state index in [0.29, 0.717) is 17.0 Å². The third-order valence-electron chi connectivity index (χ3n) is 5.80. The van der Waals surface area contributed by atoms with E-state index < -0.39 is 0 Å². The molecule has 26 heavy (non-hydrogen) atoms. The summed E-state index contributed by atoms with van der Waals surface area (Å²) in [6.07, 6.45) is 3.82. The zero-order valence-corrected chi connectivity index (χ0v) is 15.7. The first-order chi connectivity index (χ1) is 12.5. The molecule has 5 heteroatoms. The highest BCUT2D eigenvalue weighted by atomic mass is 16.2. The van der Waals surface area contributed by atoms with E-state index in [1.165, 1.54) is 6.92 Å². The Balaban J connectivity index is 1.65. The zero-order chi connectivity index (χ0) is 18.7. The lowest BCUT2D eigenvalue weighted by atomic mass is 9.92. The number of rotatable bonds is 3. The summed E-state index contributed by atoms with van der Waals surface area (Å²) < 4.78 is 0. The summed E-state index contributed by atoms with van der Waals surface area (Å²) in [5.41, 5.74) is 2.03. The van der Waals surface area contributed by atoms with Crippen molar-refractivity contribution in [3.63, 3.8) is 0 Å². The van der Waals surface area contributed by atoms with E-state index in [2.05, 4.69) is 17.9 Å². The van der Waals surface area contributed by atoms with E-state index in [4.69, 9.17) is 0 Å². The zero-order valence-electron chi connectivity index (χ0n) is 15.7. The molecule has 3 rings (SSSR count). The van der Waals surface area contributed by atoms with Crippen LogP contribution in [0.2, 0.25) is 0 Å². The molecule has 1 aromatic carbocycles. The van der Waals surface area contributed by atoms with Crippen LogP contribution in [0, 0.1) is 23.2 Å². The summed E-state index contributed by atoms with van der Waals surface area (Å²) in [6, 6.07) is 7.46. The molecule has 2 heterocycles. The molecule has 0 spiro atoms. The normalized spacial score (nSPS) is 19.3. The molecule has 0 aliphatic carbocycles. The molecule has 0 bridgehead atoms. The van der Waals surface area contributed by atoms with Gasteiger partial charge in [0, 0.05) is 37.7 Å². The standard InChI is InChI=1S/C21H27N3O2/c1-15-5-9-24(10-6-15)21(26)17-7-11-23(12-8-17)20-13-18(16(2)25)3-4-19(20)14-22/h3-4,13,15,17H,5-12H2,1-2H3. The Morgan fingerprint density at radius 2 is 1.73 bits per heavy atom. The number of nitriles is 1. The Kier molecular flexibility index (Phi) is 5.61. The van der Waals surface area contributed by atoms with E-state index >= 15 is 0 Å². The van der Waals surface area contributed by atoms with Gasteiger partial charge in [0.05, 0.1) is 11.3 Å². The first-order valence-electron chi connectivity index (χ1n) is 9.58. The van der Waals surface area contributed by atoms with E-state index in [1.54, 1.807) is 12.1 Å². The minimum absolute atomic E-state index is 0.000121. The molecule has 0 aromatic heterocycles. The quantitative estimate of drug-likeness (QED) is 0.783. The maximum Gasteiger partial charge on any atom is 0.225 e. The van der Waals surface area contributed by atoms with Crippen LogP contribution >= 0.6 is 0 Å². The number of likely N-dealkylation sites (tertiary alicyclic amines) is 1. The van der Waals surface area contributed by atoms with E-state index in [0.717, 1.165) is 63.5 Å². The predicted octanol–water partition coefficient (Wildman–Crippen LogP) is 3.24. The van der Waals surface area contributed by atoms with E-state index in [1.807, 2.05) is 11.0 Å². The van der Waals surface area contributed by atoms with Gasteiger partial charge in [-0.25, -0.2) is 0 Å². The molecule has 2 fully saturated rings. The molecule has 2 aliphatic heterocycles. The second-order valence-corrected chi connectivity index (χ2v) is 7.67. The molecule has 2 saturated heterocycles. The number of piperidine rings is 2. The Hall–Kier alpha value is -2.35. The third kappa shape index (κ3) is 3.90. The van der Waals surface area contributed by atoms with Crippen LogP contribution in [0.3, 0.4) is 0 Å². The average molecular weight is 353 g/mol. The molecule has 2 aliphatic rings. The predicted molar refractivity (Wildman–Crippen MR) is 101 cm³/mol. The molecule has 5 nitrogen and oxygen atoms in total. The van der Waals surface area contributed by atoms with Gasteiger partial charge in [0.1, 0.15) is 6.07 Å². The number of hydrogen-bond donors (Lipinski definition) is 0. The number of hydrogen-bond acceptors (Lipinski definition) is 4. The topological polar surface area (TPSA) is 64.4 Å². The van der Waals surface area contributed by atoms with Crippen molar-refractivity contribution in [3.8, 4) is 6.07 Å². The second kappa shape index (κ2) is 7.90. The van der Waals surface area contributed by atoms with Gasteiger partial charge >= 0.3 is 0 Å². The van der Waals surface area contributed by atoms with Crippen molar-refractivity contribution >= 4 is 17.4 Å². The largest absolute Gasteiger partial charge is 0.370 e. The van der Waals surface area contributed by atoms with Crippen LogP contribution in [-0.4, -0.2) is 42.8 Å². The van der Waals surface area contributed by atoms with Crippen LogP contribution in [0.25, 0.3) is 0 Å². The highest BCUT2D eigenvalue weighted by Gasteiger charge is 2.30. The smallest absolute Gasteiger partial charge is 0.225 e. The number of anilines is 1. The number of amides is 1. The number of ketones is 1. The fraction of sp³-hybridized carbons (Fsp3) is 0.571. The summed E-state index contributed by atoms with van der Waals surface area (Å²) in [5.74, 6) is 1.11. The fourth-order valence-corrected chi connectivity index (χ4v) is 3.96. The van der Waals surface area contributed by atoms with Crippen LogP contribution < -0.4 is 4.90 Å². The number of benzene rings is 1. The fourth-order valence-electron chi connectivity index (χ4n) is 3.96. The molecule has 0 radical (unpaired) electrons. The van der Waals surface area contributed by atoms with E-state index in [9.17, 15) is 14.9 Å². The van der Waals surface area contributed by atoms with Crippen molar-refractivity contribution in [2.24, 2.45) is 11.8 Å². The summed E-state index contributed by atoms with van der Waals surface area (Å²) in [5, 5.41) is 9.39. The molecule has 1 aromatic rings. The van der Waals surface area contributed by atoms with E-state index in [-0.39, 0.29) is 11.7 Å². The van der Waals surface area contributed by atoms with Crippen LogP contribution in [0.15, 0.2) is 18.2 Å². The van der Waals surface area contributed by atoms with Crippen LogP contribution in [0.5, 0.6) is 0 Å². The maximum absolute atomic E-state index is 12.8. The SMILES string of the molecule is CC(=O)c1ccc(C#N)c(N2CCC(C(=O)N3CCC(C)CC3)CC2)c1. The van der Waals surface area contributed by atoms with Gasteiger partial charge in [-0.1, -0.05) is 6.92 Å². The number of nitrogens with zero attached hydrogens (tertiary/aromatic N) is 3. The lowest BCUT2D eigenvalue weighted by Crippen LogP contribution is -2.45. The Morgan fingerprint density at radius 1 is 1.08 bits per heavy atom. The van der Waals surface area contributed by atoms with Crippen molar-refractivity contribution in [3.05, 3.63) is 29.3 Å². The van der Waals surface area contributed by atoms with Crippen molar-refractivity contribution < 1.29 is 9.59 Å². The summed E-state index contributed by atoms with van der Waals surface area (Å²) >= 11 is 0. The minimum atomic E-state index is 0.000121. The van der Waals surface area contributed by atoms with Crippen molar-refractivity contribution in [1.82, 2.24) is 4.90 Å². The monoisotopic (exact) mass is 353 g/mol. The highest BCUT2D eigenvalue weighted by Crippen LogP contribution is 2.29. The van der Waals surface area contributed by atoms with Gasteiger partial charge in [0.15, 0.2) is 5.78 Å². The Labute approximate surface area is 155 Å². The lowest BCUT2D eigenvalue weighted by Gasteiger charge is -2.37. The van der Waals surface area contributed by atoms with Gasteiger partial charge in [-0.15, -0.1) is 0 Å². The van der Waals surface area contributed by atoms with Gasteiger partial charge in [-0.3, -0.25) is 9.59 Å². The number of carbonyl (C=O) groups excluding carboxylic acids is 2. The van der Waals surface area contributed by atoms with Crippen molar-refractivity contribution in [2.45, 2.75) is 39.5 Å². The lowest BCUT2D eigenvalue weighted by molar-refractivity contribution is -0.137. The van der Waals surface area contributed by atoms with Gasteiger partial charge in [-0.2, -0.15) is 5.26 Å². The van der Waals surface area contributed by atoms with Crippen LogP contribution in [0.1, 0.15) is 55.5 Å². The molecule has 1 amide bonds.